The van der Waals surface area contributed by atoms with Gasteiger partial charge in [-0.2, -0.15) is 14.6 Å². The number of halogens is 1. The van der Waals surface area contributed by atoms with Crippen molar-refractivity contribution in [3.8, 4) is 11.5 Å². The lowest BCUT2D eigenvalue weighted by Crippen LogP contribution is -2.28. The maximum atomic E-state index is 13.1. The third-order valence-electron chi connectivity index (χ3n) is 4.46. The van der Waals surface area contributed by atoms with Crippen LogP contribution in [0, 0.1) is 5.82 Å². The van der Waals surface area contributed by atoms with E-state index in [9.17, 15) is 14.0 Å². The first kappa shape index (κ1) is 19.7. The maximum Gasteiger partial charge on any atom is 0.296 e. The lowest BCUT2D eigenvalue weighted by Gasteiger charge is -2.06. The summed E-state index contributed by atoms with van der Waals surface area (Å²) in [6.07, 6.45) is 1.79. The van der Waals surface area contributed by atoms with Crippen molar-refractivity contribution in [1.29, 1.82) is 0 Å². The van der Waals surface area contributed by atoms with Gasteiger partial charge in [-0.3, -0.25) is 9.59 Å². The summed E-state index contributed by atoms with van der Waals surface area (Å²) >= 11 is 1.06. The Morgan fingerprint density at radius 1 is 1.10 bits per heavy atom. The highest BCUT2D eigenvalue weighted by Gasteiger charge is 2.12. The second-order valence-corrected chi connectivity index (χ2v) is 7.39. The van der Waals surface area contributed by atoms with E-state index < -0.39 is 11.1 Å². The molecule has 0 saturated carbocycles. The third-order valence-corrected chi connectivity index (χ3v) is 5.42. The van der Waals surface area contributed by atoms with E-state index in [2.05, 4.69) is 10.1 Å². The number of methoxy groups -OCH3 is 2. The second kappa shape index (κ2) is 8.03. The van der Waals surface area contributed by atoms with Gasteiger partial charge in [0.2, 0.25) is 4.96 Å². The SMILES string of the molecule is COc1ccc(OC)c(/C=c2/sc3nc(=O)c(Cc4ccc(F)cc4)nn3c2=O)c1. The average Bonchev–Trinajstić information content (AvgIpc) is 3.04. The fourth-order valence-corrected chi connectivity index (χ4v) is 3.84. The van der Waals surface area contributed by atoms with E-state index in [1.54, 1.807) is 43.5 Å². The predicted molar refractivity (Wildman–Crippen MR) is 111 cm³/mol. The van der Waals surface area contributed by atoms with Gasteiger partial charge in [-0.25, -0.2) is 4.39 Å². The highest BCUT2D eigenvalue weighted by atomic mass is 32.1. The first-order valence-corrected chi connectivity index (χ1v) is 9.71. The molecule has 2 heterocycles. The Hall–Kier alpha value is -3.59. The molecule has 0 unspecified atom stereocenters. The molecule has 0 aliphatic rings. The molecule has 30 heavy (non-hydrogen) atoms. The molecule has 7 nitrogen and oxygen atoms in total. The molecule has 4 aromatic rings. The number of fused-ring (bicyclic) bond motifs is 1. The minimum absolute atomic E-state index is 0.111. The molecule has 0 amide bonds. The summed E-state index contributed by atoms with van der Waals surface area (Å²) in [5.41, 5.74) is 0.534. The molecular formula is C21H16FN3O4S. The van der Waals surface area contributed by atoms with Crippen molar-refractivity contribution in [1.82, 2.24) is 14.6 Å². The zero-order chi connectivity index (χ0) is 21.3. The van der Waals surface area contributed by atoms with Gasteiger partial charge in [0, 0.05) is 12.0 Å². The number of rotatable bonds is 5. The summed E-state index contributed by atoms with van der Waals surface area (Å²) in [6.45, 7) is 0. The first-order chi connectivity index (χ1) is 14.5. The van der Waals surface area contributed by atoms with Crippen LogP contribution < -0.4 is 25.1 Å². The monoisotopic (exact) mass is 425 g/mol. The van der Waals surface area contributed by atoms with Gasteiger partial charge in [-0.05, 0) is 42.0 Å². The number of hydrogen-bond donors (Lipinski definition) is 0. The van der Waals surface area contributed by atoms with Crippen LogP contribution in [0.2, 0.25) is 0 Å². The Bertz CT molecular complexity index is 1400. The van der Waals surface area contributed by atoms with E-state index in [0.29, 0.717) is 27.2 Å². The Balaban J connectivity index is 1.82. The van der Waals surface area contributed by atoms with Crippen molar-refractivity contribution in [3.63, 3.8) is 0 Å². The van der Waals surface area contributed by atoms with Gasteiger partial charge in [-0.15, -0.1) is 0 Å². The van der Waals surface area contributed by atoms with E-state index >= 15 is 0 Å². The summed E-state index contributed by atoms with van der Waals surface area (Å²) in [4.78, 5) is 29.4. The lowest BCUT2D eigenvalue weighted by atomic mass is 10.1. The fourth-order valence-electron chi connectivity index (χ4n) is 2.94. The molecule has 4 rings (SSSR count). The summed E-state index contributed by atoms with van der Waals surface area (Å²) in [5.74, 6) is 0.813. The minimum Gasteiger partial charge on any atom is -0.497 e. The topological polar surface area (TPSA) is 82.8 Å². The quantitative estimate of drug-likeness (QED) is 0.485. The smallest absolute Gasteiger partial charge is 0.296 e. The molecule has 152 valence electrons. The zero-order valence-corrected chi connectivity index (χ0v) is 16.9. The number of nitrogens with zero attached hydrogens (tertiary/aromatic N) is 3. The van der Waals surface area contributed by atoms with E-state index in [-0.39, 0.29) is 22.9 Å². The number of aromatic nitrogens is 3. The number of benzene rings is 2. The molecule has 0 atom stereocenters. The molecule has 0 radical (unpaired) electrons. The molecule has 0 bridgehead atoms. The van der Waals surface area contributed by atoms with Gasteiger partial charge in [0.15, 0.2) is 0 Å². The van der Waals surface area contributed by atoms with Crippen LogP contribution in [0.5, 0.6) is 11.5 Å². The van der Waals surface area contributed by atoms with Crippen LogP contribution in [0.1, 0.15) is 16.8 Å². The van der Waals surface area contributed by atoms with Crippen molar-refractivity contribution < 1.29 is 13.9 Å². The largest absolute Gasteiger partial charge is 0.497 e. The van der Waals surface area contributed by atoms with Gasteiger partial charge in [0.05, 0.1) is 18.8 Å². The fraction of sp³-hybridized carbons (Fsp3) is 0.143. The number of ether oxygens (including phenoxy) is 2. The second-order valence-electron chi connectivity index (χ2n) is 6.38. The molecule has 0 aliphatic heterocycles. The summed E-state index contributed by atoms with van der Waals surface area (Å²) in [5, 5.41) is 4.20. The van der Waals surface area contributed by atoms with Crippen LogP contribution in [-0.2, 0) is 6.42 Å². The van der Waals surface area contributed by atoms with Crippen LogP contribution in [-0.4, -0.2) is 28.8 Å². The van der Waals surface area contributed by atoms with Crippen LogP contribution in [0.3, 0.4) is 0 Å². The Kier molecular flexibility index (Phi) is 5.28. The average molecular weight is 425 g/mol. The molecular weight excluding hydrogens is 409 g/mol. The van der Waals surface area contributed by atoms with Crippen molar-refractivity contribution in [2.75, 3.05) is 14.2 Å². The molecule has 0 N–H and O–H groups in total. The van der Waals surface area contributed by atoms with Crippen LogP contribution >= 0.6 is 11.3 Å². The van der Waals surface area contributed by atoms with Crippen molar-refractivity contribution >= 4 is 22.4 Å². The third kappa shape index (κ3) is 3.79. The molecule has 0 aliphatic carbocycles. The van der Waals surface area contributed by atoms with Crippen molar-refractivity contribution in [2.45, 2.75) is 6.42 Å². The van der Waals surface area contributed by atoms with Gasteiger partial charge in [-0.1, -0.05) is 23.5 Å². The van der Waals surface area contributed by atoms with E-state index in [1.165, 1.54) is 19.2 Å². The molecule has 0 fully saturated rings. The van der Waals surface area contributed by atoms with Gasteiger partial charge in [0.1, 0.15) is 23.0 Å². The summed E-state index contributed by atoms with van der Waals surface area (Å²) < 4.78 is 25.1. The van der Waals surface area contributed by atoms with Crippen LogP contribution in [0.25, 0.3) is 11.0 Å². The molecule has 9 heteroatoms. The van der Waals surface area contributed by atoms with Gasteiger partial charge < -0.3 is 9.47 Å². The van der Waals surface area contributed by atoms with E-state index in [1.807, 2.05) is 0 Å². The summed E-state index contributed by atoms with van der Waals surface area (Å²) in [6, 6.07) is 11.0. The Morgan fingerprint density at radius 3 is 2.57 bits per heavy atom. The minimum atomic E-state index is -0.522. The maximum absolute atomic E-state index is 13.1. The summed E-state index contributed by atoms with van der Waals surface area (Å²) in [7, 11) is 3.08. The normalized spacial score (nSPS) is 11.8. The molecule has 2 aromatic heterocycles. The van der Waals surface area contributed by atoms with Crippen molar-refractivity contribution in [2.24, 2.45) is 0 Å². The molecule has 0 spiro atoms. The number of thiazole rings is 1. The number of hydrogen-bond acceptors (Lipinski definition) is 7. The van der Waals surface area contributed by atoms with Crippen molar-refractivity contribution in [3.05, 3.63) is 90.3 Å². The highest BCUT2D eigenvalue weighted by molar-refractivity contribution is 7.15. The standard InChI is InChI=1S/C21H16FN3O4S/c1-28-15-7-8-17(29-2)13(10-15)11-18-20(27)25-21(30-18)23-19(26)16(24-25)9-12-3-5-14(22)6-4-12/h3-8,10-11H,9H2,1-2H3/b18-11+. The van der Waals surface area contributed by atoms with E-state index in [4.69, 9.17) is 9.47 Å². The van der Waals surface area contributed by atoms with Crippen LogP contribution in [0.4, 0.5) is 4.39 Å². The Labute approximate surface area is 173 Å². The molecule has 2 aromatic carbocycles. The zero-order valence-electron chi connectivity index (χ0n) is 16.1. The van der Waals surface area contributed by atoms with Crippen LogP contribution in [0.15, 0.2) is 52.1 Å². The lowest BCUT2D eigenvalue weighted by molar-refractivity contribution is 0.402. The van der Waals surface area contributed by atoms with Gasteiger partial charge in [0.25, 0.3) is 11.1 Å². The highest BCUT2D eigenvalue weighted by Crippen LogP contribution is 2.24. The first-order valence-electron chi connectivity index (χ1n) is 8.89. The molecule has 0 saturated heterocycles. The van der Waals surface area contributed by atoms with E-state index in [0.717, 1.165) is 15.9 Å². The Morgan fingerprint density at radius 2 is 1.87 bits per heavy atom. The predicted octanol–water partition coefficient (Wildman–Crippen LogP) is 1.81. The van der Waals surface area contributed by atoms with Gasteiger partial charge >= 0.3 is 0 Å².